The molecule has 0 radical (unpaired) electrons. The summed E-state index contributed by atoms with van der Waals surface area (Å²) < 4.78 is 30.8. The van der Waals surface area contributed by atoms with Crippen LogP contribution in [-0.2, 0) is 29.0 Å². The lowest BCUT2D eigenvalue weighted by atomic mass is 10.1. The normalized spacial score (nSPS) is 20.3. The van der Waals surface area contributed by atoms with Gasteiger partial charge >= 0.3 is 18.0 Å². The molecule has 1 saturated heterocycles. The largest absolute Gasteiger partial charge is 0.435 e. The first-order valence-corrected chi connectivity index (χ1v) is 14.0. The highest BCUT2D eigenvalue weighted by Gasteiger charge is 2.36. The number of cyclic esters (lactones) is 1. The van der Waals surface area contributed by atoms with Crippen LogP contribution in [0.25, 0.3) is 0 Å². The molecule has 1 aromatic carbocycles. The van der Waals surface area contributed by atoms with E-state index in [0.29, 0.717) is 6.54 Å². The second-order valence-corrected chi connectivity index (χ2v) is 11.3. The van der Waals surface area contributed by atoms with Crippen molar-refractivity contribution in [2.24, 2.45) is 0 Å². The average Bonchev–Trinajstić information content (AvgIpc) is 2.86. The lowest BCUT2D eigenvalue weighted by molar-refractivity contribution is -0.220. The lowest BCUT2D eigenvalue weighted by Crippen LogP contribution is -2.53. The van der Waals surface area contributed by atoms with Crippen LogP contribution in [0.4, 0.5) is 4.79 Å². The number of carbonyl (C=O) groups is 3. The van der Waals surface area contributed by atoms with E-state index in [1.165, 1.54) is 23.5 Å². The average molecular weight is 522 g/mol. The molecule has 1 fully saturated rings. The van der Waals surface area contributed by atoms with Crippen LogP contribution in [0.3, 0.4) is 0 Å². The maximum absolute atomic E-state index is 13.5. The number of hydrogen-bond donors (Lipinski definition) is 0. The number of hydroxylamine groups is 2. The van der Waals surface area contributed by atoms with Gasteiger partial charge < -0.3 is 19.4 Å². The number of carbonyl (C=O) groups excluding carboxylic acids is 3. The van der Waals surface area contributed by atoms with Gasteiger partial charge in [-0.2, -0.15) is 0 Å². The first-order valence-electron chi connectivity index (χ1n) is 12.4. The van der Waals surface area contributed by atoms with Gasteiger partial charge in [-0.05, 0) is 58.3 Å². The van der Waals surface area contributed by atoms with Crippen LogP contribution in [0, 0.1) is 0 Å². The molecule has 0 spiro atoms. The summed E-state index contributed by atoms with van der Waals surface area (Å²) in [5.74, 6) is -1.75. The maximum atomic E-state index is 13.5. The van der Waals surface area contributed by atoms with Gasteiger partial charge in [-0.3, -0.25) is 0 Å². The van der Waals surface area contributed by atoms with E-state index in [1.54, 1.807) is 32.0 Å². The Labute approximate surface area is 212 Å². The third-order valence-electron chi connectivity index (χ3n) is 6.17. The van der Waals surface area contributed by atoms with E-state index in [9.17, 15) is 22.8 Å². The fourth-order valence-corrected chi connectivity index (χ4v) is 5.55. The van der Waals surface area contributed by atoms with Crippen LogP contribution in [0.2, 0.25) is 0 Å². The van der Waals surface area contributed by atoms with Gasteiger partial charge in [0, 0.05) is 37.7 Å². The highest BCUT2D eigenvalue weighted by atomic mass is 32.2. The zero-order valence-corrected chi connectivity index (χ0v) is 21.7. The monoisotopic (exact) mass is 521 g/mol. The van der Waals surface area contributed by atoms with Crippen molar-refractivity contribution >= 4 is 27.8 Å². The quantitative estimate of drug-likeness (QED) is 0.456. The SMILES string of the molecule is CC(C)N(CCCS(=O)(=O)c1ccccc1)C(=O)N1OC(=O)/C=C\C(=O)OC1CCN1CCCCC1. The number of sulfone groups is 1. The van der Waals surface area contributed by atoms with Gasteiger partial charge in [0.1, 0.15) is 0 Å². The Bertz CT molecular complexity index is 1040. The van der Waals surface area contributed by atoms with Crippen molar-refractivity contribution in [1.29, 1.82) is 0 Å². The summed E-state index contributed by atoms with van der Waals surface area (Å²) in [6.07, 6.45) is 4.58. The van der Waals surface area contributed by atoms with Crippen molar-refractivity contribution in [3.05, 3.63) is 42.5 Å². The first-order chi connectivity index (χ1) is 17.2. The van der Waals surface area contributed by atoms with Crippen LogP contribution in [0.15, 0.2) is 47.4 Å². The number of benzene rings is 1. The Hall–Kier alpha value is -2.92. The van der Waals surface area contributed by atoms with Crippen molar-refractivity contribution in [2.75, 3.05) is 31.9 Å². The molecule has 2 aliphatic rings. The van der Waals surface area contributed by atoms with Gasteiger partial charge in [-0.1, -0.05) is 24.6 Å². The first kappa shape index (κ1) is 27.7. The summed E-state index contributed by atoms with van der Waals surface area (Å²) in [6.45, 7) is 6.08. The zero-order valence-electron chi connectivity index (χ0n) is 20.9. The minimum absolute atomic E-state index is 0.110. The van der Waals surface area contributed by atoms with E-state index in [2.05, 4.69) is 4.90 Å². The minimum atomic E-state index is -3.51. The second-order valence-electron chi connectivity index (χ2n) is 9.21. The van der Waals surface area contributed by atoms with Gasteiger partial charge in [0.05, 0.1) is 10.6 Å². The molecule has 10 nitrogen and oxygen atoms in total. The van der Waals surface area contributed by atoms with E-state index in [1.807, 2.05) is 0 Å². The Morgan fingerprint density at radius 2 is 1.72 bits per heavy atom. The molecule has 2 aliphatic heterocycles. The van der Waals surface area contributed by atoms with Gasteiger partial charge in [0.2, 0.25) is 6.23 Å². The number of nitrogens with zero attached hydrogens (tertiary/aromatic N) is 3. The van der Waals surface area contributed by atoms with Crippen molar-refractivity contribution in [2.45, 2.75) is 63.1 Å². The number of ether oxygens (including phenoxy) is 1. The van der Waals surface area contributed by atoms with Crippen LogP contribution in [0.1, 0.15) is 46.0 Å². The van der Waals surface area contributed by atoms with Gasteiger partial charge in [0.25, 0.3) is 0 Å². The molecule has 0 saturated carbocycles. The molecule has 1 unspecified atom stereocenters. The summed E-state index contributed by atoms with van der Waals surface area (Å²) in [6, 6.07) is 7.15. The van der Waals surface area contributed by atoms with E-state index in [-0.39, 0.29) is 36.1 Å². The fourth-order valence-electron chi connectivity index (χ4n) is 4.23. The third kappa shape index (κ3) is 7.79. The summed E-state index contributed by atoms with van der Waals surface area (Å²) in [4.78, 5) is 47.1. The van der Waals surface area contributed by atoms with Crippen LogP contribution >= 0.6 is 0 Å². The number of piperidine rings is 1. The zero-order chi connectivity index (χ0) is 26.1. The van der Waals surface area contributed by atoms with Crippen molar-refractivity contribution in [3.63, 3.8) is 0 Å². The van der Waals surface area contributed by atoms with E-state index in [0.717, 1.165) is 43.1 Å². The number of esters is 1. The van der Waals surface area contributed by atoms with E-state index >= 15 is 0 Å². The number of urea groups is 1. The Balaban J connectivity index is 1.71. The fraction of sp³-hybridized carbons (Fsp3) is 0.560. The van der Waals surface area contributed by atoms with E-state index in [4.69, 9.17) is 9.57 Å². The third-order valence-corrected chi connectivity index (χ3v) is 7.99. The molecule has 2 heterocycles. The standard InChI is InChI=1S/C25H35N3O7S/c1-20(2)27(17-9-19-36(32,33)21-10-5-3-6-11-21)25(31)28-22(14-18-26-15-7-4-8-16-26)34-23(29)12-13-24(30)35-28/h3,5-6,10-13,20,22H,4,7-9,14-19H2,1-2H3/b13-12-. The van der Waals surface area contributed by atoms with Crippen molar-refractivity contribution < 1.29 is 32.4 Å². The molecule has 0 aromatic heterocycles. The van der Waals surface area contributed by atoms with Gasteiger partial charge in [-0.15, -0.1) is 5.06 Å². The predicted octanol–water partition coefficient (Wildman–Crippen LogP) is 2.76. The topological polar surface area (TPSA) is 114 Å². The second kappa shape index (κ2) is 12.9. The highest BCUT2D eigenvalue weighted by molar-refractivity contribution is 7.91. The molecule has 0 aliphatic carbocycles. The van der Waals surface area contributed by atoms with Crippen molar-refractivity contribution in [1.82, 2.24) is 14.9 Å². The minimum Gasteiger partial charge on any atom is -0.435 e. The van der Waals surface area contributed by atoms with Gasteiger partial charge in [-0.25, -0.2) is 22.8 Å². The molecule has 3 rings (SSSR count). The predicted molar refractivity (Wildman–Crippen MR) is 132 cm³/mol. The molecule has 198 valence electrons. The highest BCUT2D eigenvalue weighted by Crippen LogP contribution is 2.19. The number of likely N-dealkylation sites (tertiary alicyclic amines) is 1. The number of hydrogen-bond acceptors (Lipinski definition) is 8. The molecule has 36 heavy (non-hydrogen) atoms. The van der Waals surface area contributed by atoms with E-state index < -0.39 is 34.0 Å². The Morgan fingerprint density at radius 1 is 1.06 bits per heavy atom. The van der Waals surface area contributed by atoms with Crippen molar-refractivity contribution in [3.8, 4) is 0 Å². The lowest BCUT2D eigenvalue weighted by Gasteiger charge is -2.36. The summed E-state index contributed by atoms with van der Waals surface area (Å²) in [7, 11) is -3.51. The summed E-state index contributed by atoms with van der Waals surface area (Å²) in [5.41, 5.74) is 0. The van der Waals surface area contributed by atoms with Gasteiger partial charge in [0.15, 0.2) is 9.84 Å². The molecule has 2 amide bonds. The molecule has 0 bridgehead atoms. The smallest absolute Gasteiger partial charge is 0.357 e. The molecular weight excluding hydrogens is 486 g/mol. The number of rotatable bonds is 9. The molecule has 1 aromatic rings. The Morgan fingerprint density at radius 3 is 2.39 bits per heavy atom. The maximum Gasteiger partial charge on any atom is 0.357 e. The van der Waals surface area contributed by atoms with Crippen LogP contribution in [-0.4, -0.2) is 85.5 Å². The number of amides is 2. The summed E-state index contributed by atoms with van der Waals surface area (Å²) >= 11 is 0. The Kier molecular flexibility index (Phi) is 9.89. The molecule has 0 N–H and O–H groups in total. The molecule has 11 heteroatoms. The molecular formula is C25H35N3O7S. The van der Waals surface area contributed by atoms with Crippen LogP contribution < -0.4 is 0 Å². The molecule has 1 atom stereocenters. The van der Waals surface area contributed by atoms with Crippen LogP contribution in [0.5, 0.6) is 0 Å². The summed E-state index contributed by atoms with van der Waals surface area (Å²) in [5, 5.41) is 0.819.